The third-order valence-corrected chi connectivity index (χ3v) is 4.64. The molecule has 0 radical (unpaired) electrons. The molecule has 0 saturated heterocycles. The number of carbonyl (C=O) groups excluding carboxylic acids is 1. The Morgan fingerprint density at radius 2 is 1.92 bits per heavy atom. The van der Waals surface area contributed by atoms with E-state index < -0.39 is 0 Å². The first-order valence-electron chi connectivity index (χ1n) is 9.01. The number of aromatic nitrogens is 1. The Balaban J connectivity index is 1.65. The number of amides is 1. The Hall–Kier alpha value is -2.11. The Labute approximate surface area is 150 Å². The normalized spacial score (nSPS) is 15.0. The molecule has 0 saturated carbocycles. The van der Waals surface area contributed by atoms with Crippen LogP contribution in [0.2, 0.25) is 0 Å². The molecular formula is C20H28N4O. The monoisotopic (exact) mass is 340 g/mol. The van der Waals surface area contributed by atoms with Gasteiger partial charge >= 0.3 is 0 Å². The topological polar surface area (TPSA) is 40.5 Å². The Kier molecular flexibility index (Phi) is 5.89. The predicted molar refractivity (Wildman–Crippen MR) is 100 cm³/mol. The number of rotatable bonds is 6. The molecule has 0 bridgehead atoms. The molecule has 1 aliphatic heterocycles. The van der Waals surface area contributed by atoms with Crippen molar-refractivity contribution in [1.82, 2.24) is 19.7 Å². The van der Waals surface area contributed by atoms with E-state index in [9.17, 15) is 4.79 Å². The summed E-state index contributed by atoms with van der Waals surface area (Å²) in [5.74, 6) is 0.0320. The van der Waals surface area contributed by atoms with Gasteiger partial charge in [-0.1, -0.05) is 30.3 Å². The fraction of sp³-hybridized carbons (Fsp3) is 0.450. The van der Waals surface area contributed by atoms with Gasteiger partial charge in [-0.2, -0.15) is 0 Å². The molecule has 1 amide bonds. The number of nitrogens with one attached hydrogen (secondary N) is 1. The molecule has 0 fully saturated rings. The lowest BCUT2D eigenvalue weighted by atomic mass is 10.2. The molecule has 25 heavy (non-hydrogen) atoms. The Morgan fingerprint density at radius 1 is 1.12 bits per heavy atom. The van der Waals surface area contributed by atoms with Crippen LogP contribution in [0.15, 0.2) is 42.5 Å². The van der Waals surface area contributed by atoms with Crippen molar-refractivity contribution in [2.75, 3.05) is 33.7 Å². The van der Waals surface area contributed by atoms with Gasteiger partial charge in [0.2, 0.25) is 0 Å². The third kappa shape index (κ3) is 4.71. The minimum Gasteiger partial charge on any atom is -0.349 e. The minimum atomic E-state index is 0.0320. The van der Waals surface area contributed by atoms with Crippen molar-refractivity contribution in [2.45, 2.75) is 26.1 Å². The number of benzene rings is 1. The summed E-state index contributed by atoms with van der Waals surface area (Å²) in [5, 5.41) is 3.02. The lowest BCUT2D eigenvalue weighted by Crippen LogP contribution is -2.32. The van der Waals surface area contributed by atoms with Crippen molar-refractivity contribution in [3.8, 4) is 0 Å². The van der Waals surface area contributed by atoms with Gasteiger partial charge in [0, 0.05) is 45.0 Å². The second-order valence-electron chi connectivity index (χ2n) is 6.97. The van der Waals surface area contributed by atoms with Crippen molar-refractivity contribution < 1.29 is 4.79 Å². The summed E-state index contributed by atoms with van der Waals surface area (Å²) in [6.07, 6.45) is 1.06. The number of nitrogens with zero attached hydrogens (tertiary/aromatic N) is 3. The summed E-state index contributed by atoms with van der Waals surface area (Å²) in [5.41, 5.74) is 3.35. The number of hydrogen-bond acceptors (Lipinski definition) is 3. The van der Waals surface area contributed by atoms with Gasteiger partial charge in [0.15, 0.2) is 0 Å². The van der Waals surface area contributed by atoms with Gasteiger partial charge in [-0.3, -0.25) is 9.69 Å². The van der Waals surface area contributed by atoms with Crippen LogP contribution in [-0.4, -0.2) is 54.0 Å². The molecule has 1 aromatic heterocycles. The molecule has 3 rings (SSSR count). The molecule has 5 heteroatoms. The van der Waals surface area contributed by atoms with Crippen LogP contribution in [0.4, 0.5) is 0 Å². The molecule has 1 N–H and O–H groups in total. The van der Waals surface area contributed by atoms with E-state index in [1.807, 2.05) is 20.2 Å². The van der Waals surface area contributed by atoms with Crippen LogP contribution in [0.25, 0.3) is 0 Å². The zero-order chi connectivity index (χ0) is 17.6. The Morgan fingerprint density at radius 3 is 2.68 bits per heavy atom. The fourth-order valence-electron chi connectivity index (χ4n) is 3.33. The van der Waals surface area contributed by atoms with Crippen LogP contribution in [0.1, 0.15) is 28.2 Å². The van der Waals surface area contributed by atoms with Crippen LogP contribution in [-0.2, 0) is 19.6 Å². The van der Waals surface area contributed by atoms with Crippen LogP contribution < -0.4 is 5.32 Å². The smallest absolute Gasteiger partial charge is 0.267 e. The summed E-state index contributed by atoms with van der Waals surface area (Å²) in [6.45, 7) is 5.33. The summed E-state index contributed by atoms with van der Waals surface area (Å²) in [6, 6.07) is 14.6. The van der Waals surface area contributed by atoms with Gasteiger partial charge in [0.1, 0.15) is 5.69 Å². The van der Waals surface area contributed by atoms with Crippen molar-refractivity contribution in [3.05, 3.63) is 59.4 Å². The Bertz CT molecular complexity index is 693. The number of carbonyl (C=O) groups is 1. The number of hydrogen-bond donors (Lipinski definition) is 1. The zero-order valence-corrected chi connectivity index (χ0v) is 15.2. The molecule has 0 unspecified atom stereocenters. The number of likely N-dealkylation sites (N-methyl/N-ethyl adjacent to an activating group) is 1. The highest BCUT2D eigenvalue weighted by molar-refractivity contribution is 5.92. The minimum absolute atomic E-state index is 0.0320. The van der Waals surface area contributed by atoms with E-state index in [-0.39, 0.29) is 5.91 Å². The molecule has 2 heterocycles. The first-order valence-corrected chi connectivity index (χ1v) is 9.01. The van der Waals surface area contributed by atoms with Crippen LogP contribution in [0.5, 0.6) is 0 Å². The van der Waals surface area contributed by atoms with E-state index in [0.29, 0.717) is 6.54 Å². The number of fused-ring (bicyclic) bond motifs is 1. The van der Waals surface area contributed by atoms with E-state index in [0.717, 1.165) is 44.8 Å². The second-order valence-corrected chi connectivity index (χ2v) is 6.97. The van der Waals surface area contributed by atoms with Crippen molar-refractivity contribution in [1.29, 1.82) is 0 Å². The lowest BCUT2D eigenvalue weighted by Gasteiger charge is -2.19. The van der Waals surface area contributed by atoms with Gasteiger partial charge < -0.3 is 14.8 Å². The average Bonchev–Trinajstić information content (AvgIpc) is 2.87. The van der Waals surface area contributed by atoms with E-state index in [1.54, 1.807) is 0 Å². The molecule has 1 aliphatic rings. The predicted octanol–water partition coefficient (Wildman–Crippen LogP) is 2.19. The molecular weight excluding hydrogens is 312 g/mol. The highest BCUT2D eigenvalue weighted by Gasteiger charge is 2.19. The summed E-state index contributed by atoms with van der Waals surface area (Å²) < 4.78 is 2.19. The highest BCUT2D eigenvalue weighted by Crippen LogP contribution is 2.18. The van der Waals surface area contributed by atoms with Crippen LogP contribution >= 0.6 is 0 Å². The van der Waals surface area contributed by atoms with Gasteiger partial charge in [0.25, 0.3) is 5.91 Å². The summed E-state index contributed by atoms with van der Waals surface area (Å²) in [4.78, 5) is 17.0. The van der Waals surface area contributed by atoms with Crippen LogP contribution in [0, 0.1) is 0 Å². The molecule has 0 spiro atoms. The van der Waals surface area contributed by atoms with E-state index in [1.165, 1.54) is 11.3 Å². The van der Waals surface area contributed by atoms with Gasteiger partial charge in [0.05, 0.1) is 0 Å². The lowest BCUT2D eigenvalue weighted by molar-refractivity contribution is 0.0941. The zero-order valence-electron chi connectivity index (χ0n) is 15.2. The molecule has 1 aromatic carbocycles. The van der Waals surface area contributed by atoms with Gasteiger partial charge in [-0.05, 0) is 38.2 Å². The molecule has 134 valence electrons. The molecule has 5 nitrogen and oxygen atoms in total. The second kappa shape index (κ2) is 8.32. The van der Waals surface area contributed by atoms with Crippen LogP contribution in [0.3, 0.4) is 0 Å². The maximum atomic E-state index is 12.5. The van der Waals surface area contributed by atoms with E-state index in [2.05, 4.69) is 56.1 Å². The standard InChI is InChI=1S/C20H28N4O/c1-22(2)14-11-21-20(25)19-10-9-18-16-23(12-6-13-24(18)19)15-17-7-4-3-5-8-17/h3-5,7-10H,6,11-16H2,1-2H3,(H,21,25). The summed E-state index contributed by atoms with van der Waals surface area (Å²) >= 11 is 0. The first-order chi connectivity index (χ1) is 12.1. The maximum absolute atomic E-state index is 12.5. The molecule has 0 atom stereocenters. The van der Waals surface area contributed by atoms with Gasteiger partial charge in [-0.15, -0.1) is 0 Å². The SMILES string of the molecule is CN(C)CCNC(=O)c1ccc2n1CCCN(Cc1ccccc1)C2. The van der Waals surface area contributed by atoms with Gasteiger partial charge in [-0.25, -0.2) is 0 Å². The highest BCUT2D eigenvalue weighted by atomic mass is 16.1. The van der Waals surface area contributed by atoms with E-state index in [4.69, 9.17) is 0 Å². The third-order valence-electron chi connectivity index (χ3n) is 4.64. The molecule has 0 aliphatic carbocycles. The van der Waals surface area contributed by atoms with Crippen molar-refractivity contribution in [2.24, 2.45) is 0 Å². The average molecular weight is 340 g/mol. The van der Waals surface area contributed by atoms with E-state index >= 15 is 0 Å². The molecule has 2 aromatic rings. The first kappa shape index (κ1) is 17.7. The van der Waals surface area contributed by atoms with Crippen molar-refractivity contribution in [3.63, 3.8) is 0 Å². The quantitative estimate of drug-likeness (QED) is 0.876. The fourth-order valence-corrected chi connectivity index (χ4v) is 3.33. The van der Waals surface area contributed by atoms with Crippen molar-refractivity contribution >= 4 is 5.91 Å². The largest absolute Gasteiger partial charge is 0.349 e. The maximum Gasteiger partial charge on any atom is 0.267 e. The summed E-state index contributed by atoms with van der Waals surface area (Å²) in [7, 11) is 4.02.